The van der Waals surface area contributed by atoms with Crippen molar-refractivity contribution < 1.29 is 14.6 Å². The summed E-state index contributed by atoms with van der Waals surface area (Å²) in [6.45, 7) is 3.32. The minimum absolute atomic E-state index is 0.116. The highest BCUT2D eigenvalue weighted by atomic mass is 35.5. The largest absolute Gasteiger partial charge is 0.474 e. The summed E-state index contributed by atoms with van der Waals surface area (Å²) < 4.78 is 11.2. The summed E-state index contributed by atoms with van der Waals surface area (Å²) in [6, 6.07) is 6.28. The SMILES string of the molecule is Cc1cc(OC2CCOCC2)ncc1C(O)C(N)c1ccc(Cl)c(Cl)c1. The van der Waals surface area contributed by atoms with E-state index in [0.717, 1.165) is 18.4 Å². The van der Waals surface area contributed by atoms with Crippen LogP contribution in [0.2, 0.25) is 10.0 Å². The number of hydrogen-bond acceptors (Lipinski definition) is 5. The van der Waals surface area contributed by atoms with Crippen molar-refractivity contribution in [2.45, 2.75) is 38.0 Å². The topological polar surface area (TPSA) is 77.6 Å². The van der Waals surface area contributed by atoms with Crippen LogP contribution in [0.3, 0.4) is 0 Å². The molecule has 2 unspecified atom stereocenters. The molecular formula is C19H22Cl2N2O3. The highest BCUT2D eigenvalue weighted by Gasteiger charge is 2.23. The monoisotopic (exact) mass is 396 g/mol. The van der Waals surface area contributed by atoms with Crippen molar-refractivity contribution in [3.05, 3.63) is 57.2 Å². The molecule has 0 aliphatic carbocycles. The average molecular weight is 397 g/mol. The number of nitrogens with two attached hydrogens (primary N) is 1. The van der Waals surface area contributed by atoms with Crippen molar-refractivity contribution in [3.63, 3.8) is 0 Å². The maximum absolute atomic E-state index is 10.7. The lowest BCUT2D eigenvalue weighted by atomic mass is 9.95. The molecule has 0 amide bonds. The Labute approximate surface area is 163 Å². The number of hydrogen-bond donors (Lipinski definition) is 2. The maximum atomic E-state index is 10.7. The summed E-state index contributed by atoms with van der Waals surface area (Å²) in [6.07, 6.45) is 2.52. The predicted molar refractivity (Wildman–Crippen MR) is 102 cm³/mol. The molecule has 2 heterocycles. The highest BCUT2D eigenvalue weighted by Crippen LogP contribution is 2.32. The standard InChI is InChI=1S/C19H22Cl2N2O3/c1-11-8-17(26-13-4-6-25-7-5-13)23-10-14(11)19(24)18(22)12-2-3-15(20)16(21)9-12/h2-3,8-10,13,18-19,24H,4-7,22H2,1H3. The number of nitrogens with zero attached hydrogens (tertiary/aromatic N) is 1. The molecule has 1 aromatic heterocycles. The van der Waals surface area contributed by atoms with Gasteiger partial charge in [-0.2, -0.15) is 0 Å². The van der Waals surface area contributed by atoms with E-state index in [1.54, 1.807) is 24.4 Å². The molecule has 0 spiro atoms. The van der Waals surface area contributed by atoms with Crippen LogP contribution < -0.4 is 10.5 Å². The second-order valence-electron chi connectivity index (χ2n) is 6.45. The molecule has 2 atom stereocenters. The Bertz CT molecular complexity index is 766. The first kappa shape index (κ1) is 19.4. The van der Waals surface area contributed by atoms with Crippen LogP contribution in [0.1, 0.15) is 41.7 Å². The Hall–Kier alpha value is -1.37. The predicted octanol–water partition coefficient (Wildman–Crippen LogP) is 3.99. The van der Waals surface area contributed by atoms with Crippen molar-refractivity contribution in [1.29, 1.82) is 0 Å². The van der Waals surface area contributed by atoms with Crippen LogP contribution in [0.4, 0.5) is 0 Å². The first-order valence-corrected chi connectivity index (χ1v) is 9.31. The maximum Gasteiger partial charge on any atom is 0.213 e. The van der Waals surface area contributed by atoms with Gasteiger partial charge in [-0.05, 0) is 30.2 Å². The number of benzene rings is 1. The zero-order valence-electron chi connectivity index (χ0n) is 14.5. The van der Waals surface area contributed by atoms with Crippen LogP contribution in [-0.2, 0) is 4.74 Å². The third kappa shape index (κ3) is 4.48. The molecule has 0 saturated carbocycles. The van der Waals surface area contributed by atoms with Crippen LogP contribution in [0.25, 0.3) is 0 Å². The van der Waals surface area contributed by atoms with Gasteiger partial charge in [0.1, 0.15) is 6.10 Å². The molecule has 26 heavy (non-hydrogen) atoms. The van der Waals surface area contributed by atoms with E-state index in [1.165, 1.54) is 0 Å². The smallest absolute Gasteiger partial charge is 0.213 e. The van der Waals surface area contributed by atoms with E-state index in [9.17, 15) is 5.11 Å². The molecule has 3 rings (SSSR count). The van der Waals surface area contributed by atoms with E-state index in [-0.39, 0.29) is 6.10 Å². The van der Waals surface area contributed by atoms with Crippen LogP contribution in [0, 0.1) is 6.92 Å². The molecule has 2 aromatic rings. The molecule has 0 bridgehead atoms. The van der Waals surface area contributed by atoms with Crippen LogP contribution >= 0.6 is 23.2 Å². The van der Waals surface area contributed by atoms with Crippen LogP contribution in [0.15, 0.2) is 30.5 Å². The fraction of sp³-hybridized carbons (Fsp3) is 0.421. The van der Waals surface area contributed by atoms with Crippen molar-refractivity contribution in [2.24, 2.45) is 5.73 Å². The van der Waals surface area contributed by atoms with Gasteiger partial charge < -0.3 is 20.3 Å². The molecule has 3 N–H and O–H groups in total. The minimum Gasteiger partial charge on any atom is -0.474 e. The van der Waals surface area contributed by atoms with Gasteiger partial charge in [0.15, 0.2) is 0 Å². The lowest BCUT2D eigenvalue weighted by Crippen LogP contribution is -2.26. The number of aromatic nitrogens is 1. The number of aliphatic hydroxyl groups is 1. The van der Waals surface area contributed by atoms with Gasteiger partial charge in [0.25, 0.3) is 0 Å². The van der Waals surface area contributed by atoms with Crippen molar-refractivity contribution >= 4 is 23.2 Å². The summed E-state index contributed by atoms with van der Waals surface area (Å²) in [5.41, 5.74) is 8.45. The zero-order valence-corrected chi connectivity index (χ0v) is 16.0. The third-order valence-corrected chi connectivity index (χ3v) is 5.31. The number of rotatable bonds is 5. The molecule has 1 fully saturated rings. The summed E-state index contributed by atoms with van der Waals surface area (Å²) in [5, 5.41) is 11.6. The zero-order chi connectivity index (χ0) is 18.7. The number of aryl methyl sites for hydroxylation is 1. The highest BCUT2D eigenvalue weighted by molar-refractivity contribution is 6.42. The molecule has 0 radical (unpaired) electrons. The van der Waals surface area contributed by atoms with Gasteiger partial charge in [0.05, 0.1) is 35.4 Å². The molecule has 140 valence electrons. The summed E-state index contributed by atoms with van der Waals surface area (Å²) in [7, 11) is 0. The van der Waals surface area contributed by atoms with Gasteiger partial charge in [0.2, 0.25) is 5.88 Å². The second kappa shape index (κ2) is 8.55. The lowest BCUT2D eigenvalue weighted by Gasteiger charge is -2.24. The molecule has 7 heteroatoms. The normalized spacial score (nSPS) is 17.7. The summed E-state index contributed by atoms with van der Waals surface area (Å²) >= 11 is 12.0. The fourth-order valence-electron chi connectivity index (χ4n) is 2.97. The molecule has 1 aliphatic heterocycles. The molecule has 5 nitrogen and oxygen atoms in total. The Kier molecular flexibility index (Phi) is 6.37. The lowest BCUT2D eigenvalue weighted by molar-refractivity contribution is 0.0236. The Morgan fingerprint density at radius 3 is 2.62 bits per heavy atom. The quantitative estimate of drug-likeness (QED) is 0.798. The first-order chi connectivity index (χ1) is 12.5. The number of pyridine rings is 1. The van der Waals surface area contributed by atoms with Gasteiger partial charge in [-0.25, -0.2) is 4.98 Å². The van der Waals surface area contributed by atoms with Gasteiger partial charge in [-0.3, -0.25) is 0 Å². The van der Waals surface area contributed by atoms with Crippen LogP contribution in [0.5, 0.6) is 5.88 Å². The fourth-order valence-corrected chi connectivity index (χ4v) is 3.28. The van der Waals surface area contributed by atoms with E-state index in [0.29, 0.717) is 40.3 Å². The molecular weight excluding hydrogens is 375 g/mol. The van der Waals surface area contributed by atoms with Crippen LogP contribution in [-0.4, -0.2) is 29.4 Å². The van der Waals surface area contributed by atoms with Crippen molar-refractivity contribution in [1.82, 2.24) is 4.98 Å². The van der Waals surface area contributed by atoms with Gasteiger partial charge >= 0.3 is 0 Å². The number of halogens is 2. The summed E-state index contributed by atoms with van der Waals surface area (Å²) in [5.74, 6) is 0.549. The van der Waals surface area contributed by atoms with E-state index < -0.39 is 12.1 Å². The Morgan fingerprint density at radius 1 is 1.23 bits per heavy atom. The van der Waals surface area contributed by atoms with E-state index in [2.05, 4.69) is 4.98 Å². The molecule has 1 aliphatic rings. The first-order valence-electron chi connectivity index (χ1n) is 8.55. The average Bonchev–Trinajstić information content (AvgIpc) is 2.64. The Morgan fingerprint density at radius 2 is 1.96 bits per heavy atom. The number of aliphatic hydroxyl groups excluding tert-OH is 1. The molecule has 1 saturated heterocycles. The third-order valence-electron chi connectivity index (χ3n) is 4.57. The van der Waals surface area contributed by atoms with Gasteiger partial charge in [-0.15, -0.1) is 0 Å². The van der Waals surface area contributed by atoms with Gasteiger partial charge in [-0.1, -0.05) is 29.3 Å². The van der Waals surface area contributed by atoms with E-state index >= 15 is 0 Å². The van der Waals surface area contributed by atoms with Crippen molar-refractivity contribution in [3.8, 4) is 5.88 Å². The Balaban J connectivity index is 1.74. The summed E-state index contributed by atoms with van der Waals surface area (Å²) in [4.78, 5) is 4.34. The minimum atomic E-state index is -0.920. The van der Waals surface area contributed by atoms with Crippen molar-refractivity contribution in [2.75, 3.05) is 13.2 Å². The number of ether oxygens (including phenoxy) is 2. The van der Waals surface area contributed by atoms with E-state index in [4.69, 9.17) is 38.4 Å². The molecule has 1 aromatic carbocycles. The van der Waals surface area contributed by atoms with Gasteiger partial charge in [0, 0.05) is 30.7 Å². The second-order valence-corrected chi connectivity index (χ2v) is 7.27. The van der Waals surface area contributed by atoms with E-state index in [1.807, 2.05) is 13.0 Å².